The highest BCUT2D eigenvalue weighted by atomic mass is 16.2. The highest BCUT2D eigenvalue weighted by Gasteiger charge is 2.29. The Labute approximate surface area is 115 Å². The number of aromatic nitrogens is 1. The predicted molar refractivity (Wildman–Crippen MR) is 76.9 cm³/mol. The van der Waals surface area contributed by atoms with Gasteiger partial charge in [0.05, 0.1) is 6.04 Å². The SMILES string of the molecule is CC(=O)N1CCC[C@@H]1c1cccnc1NCC(C)C. The van der Waals surface area contributed by atoms with Crippen LogP contribution in [0.3, 0.4) is 0 Å². The fourth-order valence-corrected chi connectivity index (χ4v) is 2.60. The summed E-state index contributed by atoms with van der Waals surface area (Å²) in [6, 6.07) is 4.22. The molecule has 0 unspecified atom stereocenters. The molecule has 1 saturated heterocycles. The third-order valence-electron chi connectivity index (χ3n) is 3.53. The van der Waals surface area contributed by atoms with Gasteiger partial charge in [0, 0.05) is 31.8 Å². The van der Waals surface area contributed by atoms with Gasteiger partial charge >= 0.3 is 0 Å². The first-order valence-electron chi connectivity index (χ1n) is 7.05. The molecule has 1 aromatic rings. The maximum Gasteiger partial charge on any atom is 0.219 e. The van der Waals surface area contributed by atoms with E-state index in [2.05, 4.69) is 30.2 Å². The number of hydrogen-bond acceptors (Lipinski definition) is 3. The second-order valence-electron chi connectivity index (χ2n) is 5.59. The lowest BCUT2D eigenvalue weighted by Gasteiger charge is -2.25. The first kappa shape index (κ1) is 13.8. The van der Waals surface area contributed by atoms with Gasteiger partial charge in [-0.3, -0.25) is 4.79 Å². The molecule has 1 aliphatic heterocycles. The maximum absolute atomic E-state index is 11.7. The Hall–Kier alpha value is -1.58. The molecule has 1 fully saturated rings. The molecular weight excluding hydrogens is 238 g/mol. The summed E-state index contributed by atoms with van der Waals surface area (Å²) in [5.74, 6) is 1.65. The van der Waals surface area contributed by atoms with E-state index in [1.165, 1.54) is 0 Å². The van der Waals surface area contributed by atoms with Gasteiger partial charge < -0.3 is 10.2 Å². The minimum absolute atomic E-state index is 0.154. The Morgan fingerprint density at radius 1 is 1.58 bits per heavy atom. The Balaban J connectivity index is 2.21. The zero-order chi connectivity index (χ0) is 13.8. The van der Waals surface area contributed by atoms with Crippen LogP contribution >= 0.6 is 0 Å². The standard InChI is InChI=1S/C15H23N3O/c1-11(2)10-17-15-13(6-4-8-16-15)14-7-5-9-18(14)12(3)19/h4,6,8,11,14H,5,7,9-10H2,1-3H3,(H,16,17)/t14-/m1/s1. The maximum atomic E-state index is 11.7. The molecule has 0 aromatic carbocycles. The van der Waals surface area contributed by atoms with E-state index in [1.54, 1.807) is 13.1 Å². The fraction of sp³-hybridized carbons (Fsp3) is 0.600. The quantitative estimate of drug-likeness (QED) is 0.906. The van der Waals surface area contributed by atoms with Crippen LogP contribution in [-0.2, 0) is 4.79 Å². The van der Waals surface area contributed by atoms with Crippen molar-refractivity contribution in [1.82, 2.24) is 9.88 Å². The van der Waals surface area contributed by atoms with Gasteiger partial charge in [-0.25, -0.2) is 4.98 Å². The van der Waals surface area contributed by atoms with Crippen molar-refractivity contribution in [2.45, 2.75) is 39.7 Å². The van der Waals surface area contributed by atoms with Crippen LogP contribution in [-0.4, -0.2) is 28.9 Å². The molecule has 4 nitrogen and oxygen atoms in total. The van der Waals surface area contributed by atoms with Crippen molar-refractivity contribution in [3.05, 3.63) is 23.9 Å². The number of carbonyl (C=O) groups is 1. The van der Waals surface area contributed by atoms with Crippen molar-refractivity contribution in [2.24, 2.45) is 5.92 Å². The zero-order valence-electron chi connectivity index (χ0n) is 12.0. The number of nitrogens with one attached hydrogen (secondary N) is 1. The van der Waals surface area contributed by atoms with Crippen molar-refractivity contribution in [3.63, 3.8) is 0 Å². The molecule has 1 atom stereocenters. The van der Waals surface area contributed by atoms with Gasteiger partial charge in [0.25, 0.3) is 0 Å². The van der Waals surface area contributed by atoms with Crippen LogP contribution < -0.4 is 5.32 Å². The Kier molecular flexibility index (Phi) is 4.40. The topological polar surface area (TPSA) is 45.2 Å². The lowest BCUT2D eigenvalue weighted by molar-refractivity contribution is -0.129. The van der Waals surface area contributed by atoms with E-state index in [1.807, 2.05) is 11.0 Å². The lowest BCUT2D eigenvalue weighted by Crippen LogP contribution is -2.28. The molecule has 0 aliphatic carbocycles. The molecule has 1 aromatic heterocycles. The predicted octanol–water partition coefficient (Wildman–Crippen LogP) is 2.83. The Morgan fingerprint density at radius 2 is 2.37 bits per heavy atom. The number of likely N-dealkylation sites (tertiary alicyclic amines) is 1. The molecule has 0 radical (unpaired) electrons. The third-order valence-corrected chi connectivity index (χ3v) is 3.53. The third kappa shape index (κ3) is 3.25. The van der Waals surface area contributed by atoms with E-state index in [4.69, 9.17) is 0 Å². The van der Waals surface area contributed by atoms with Gasteiger partial charge in [0.1, 0.15) is 5.82 Å². The summed E-state index contributed by atoms with van der Waals surface area (Å²) in [5, 5.41) is 3.40. The molecule has 0 bridgehead atoms. The number of amides is 1. The average Bonchev–Trinajstić information content (AvgIpc) is 2.85. The van der Waals surface area contributed by atoms with E-state index in [0.717, 1.165) is 37.3 Å². The van der Waals surface area contributed by atoms with E-state index >= 15 is 0 Å². The number of rotatable bonds is 4. The van der Waals surface area contributed by atoms with Gasteiger partial charge in [-0.1, -0.05) is 19.9 Å². The molecule has 19 heavy (non-hydrogen) atoms. The van der Waals surface area contributed by atoms with Crippen molar-refractivity contribution in [2.75, 3.05) is 18.4 Å². The zero-order valence-corrected chi connectivity index (χ0v) is 12.0. The van der Waals surface area contributed by atoms with Crippen LogP contribution in [0.1, 0.15) is 45.2 Å². The van der Waals surface area contributed by atoms with Gasteiger partial charge in [0.15, 0.2) is 0 Å². The van der Waals surface area contributed by atoms with E-state index in [-0.39, 0.29) is 11.9 Å². The smallest absolute Gasteiger partial charge is 0.219 e. The largest absolute Gasteiger partial charge is 0.370 e. The normalized spacial score (nSPS) is 18.9. The van der Waals surface area contributed by atoms with Crippen LogP contribution in [0, 0.1) is 5.92 Å². The molecule has 1 N–H and O–H groups in total. The molecule has 0 saturated carbocycles. The minimum atomic E-state index is 0.154. The molecule has 2 rings (SSSR count). The summed E-state index contributed by atoms with van der Waals surface area (Å²) >= 11 is 0. The summed E-state index contributed by atoms with van der Waals surface area (Å²) in [5.41, 5.74) is 1.15. The number of pyridine rings is 1. The summed E-state index contributed by atoms with van der Waals surface area (Å²) < 4.78 is 0. The van der Waals surface area contributed by atoms with Crippen LogP contribution in [0.4, 0.5) is 5.82 Å². The highest BCUT2D eigenvalue weighted by Crippen LogP contribution is 2.34. The second kappa shape index (κ2) is 6.04. The monoisotopic (exact) mass is 261 g/mol. The lowest BCUT2D eigenvalue weighted by atomic mass is 10.0. The summed E-state index contributed by atoms with van der Waals surface area (Å²) in [6.45, 7) is 7.76. The molecule has 1 amide bonds. The first-order chi connectivity index (χ1) is 9.09. The van der Waals surface area contributed by atoms with Crippen LogP contribution in [0.5, 0.6) is 0 Å². The van der Waals surface area contributed by atoms with Crippen LogP contribution in [0.25, 0.3) is 0 Å². The molecule has 4 heteroatoms. The number of carbonyl (C=O) groups excluding carboxylic acids is 1. The van der Waals surface area contributed by atoms with Crippen molar-refractivity contribution < 1.29 is 4.79 Å². The summed E-state index contributed by atoms with van der Waals surface area (Å²) in [6.07, 6.45) is 3.91. The van der Waals surface area contributed by atoms with Crippen LogP contribution in [0.2, 0.25) is 0 Å². The van der Waals surface area contributed by atoms with Gasteiger partial charge in [-0.15, -0.1) is 0 Å². The number of hydrogen-bond donors (Lipinski definition) is 1. The second-order valence-corrected chi connectivity index (χ2v) is 5.59. The average molecular weight is 261 g/mol. The molecule has 0 spiro atoms. The van der Waals surface area contributed by atoms with E-state index in [9.17, 15) is 4.79 Å². The van der Waals surface area contributed by atoms with Gasteiger partial charge in [-0.2, -0.15) is 0 Å². The van der Waals surface area contributed by atoms with Gasteiger partial charge in [-0.05, 0) is 24.8 Å². The van der Waals surface area contributed by atoms with Crippen molar-refractivity contribution in [1.29, 1.82) is 0 Å². The first-order valence-corrected chi connectivity index (χ1v) is 7.05. The molecule has 104 valence electrons. The van der Waals surface area contributed by atoms with Crippen molar-refractivity contribution in [3.8, 4) is 0 Å². The van der Waals surface area contributed by atoms with Crippen molar-refractivity contribution >= 4 is 11.7 Å². The fourth-order valence-electron chi connectivity index (χ4n) is 2.60. The van der Waals surface area contributed by atoms with Crippen LogP contribution in [0.15, 0.2) is 18.3 Å². The van der Waals surface area contributed by atoms with E-state index in [0.29, 0.717) is 5.92 Å². The number of anilines is 1. The van der Waals surface area contributed by atoms with Gasteiger partial charge in [0.2, 0.25) is 5.91 Å². The summed E-state index contributed by atoms with van der Waals surface area (Å²) in [7, 11) is 0. The molecule has 2 heterocycles. The number of nitrogens with zero attached hydrogens (tertiary/aromatic N) is 2. The summed E-state index contributed by atoms with van der Waals surface area (Å²) in [4.78, 5) is 18.1. The highest BCUT2D eigenvalue weighted by molar-refractivity contribution is 5.74. The Morgan fingerprint density at radius 3 is 3.05 bits per heavy atom. The Bertz CT molecular complexity index is 445. The minimum Gasteiger partial charge on any atom is -0.370 e. The molecular formula is C15H23N3O. The molecule has 1 aliphatic rings. The van der Waals surface area contributed by atoms with E-state index < -0.39 is 0 Å².